The minimum atomic E-state index is -0.585. The fourth-order valence-corrected chi connectivity index (χ4v) is 5.99. The Bertz CT molecular complexity index is 1330. The van der Waals surface area contributed by atoms with E-state index in [4.69, 9.17) is 0 Å². The van der Waals surface area contributed by atoms with E-state index in [-0.39, 0.29) is 30.2 Å². The zero-order chi connectivity index (χ0) is 25.9. The first-order chi connectivity index (χ1) is 17.9. The van der Waals surface area contributed by atoms with Gasteiger partial charge in [0.2, 0.25) is 11.8 Å². The molecule has 0 bridgehead atoms. The third kappa shape index (κ3) is 5.42. The molecule has 3 aromatic carbocycles. The second-order valence-electron chi connectivity index (χ2n) is 10.1. The van der Waals surface area contributed by atoms with Gasteiger partial charge in [-0.1, -0.05) is 65.2 Å². The molecule has 1 saturated carbocycles. The van der Waals surface area contributed by atoms with Gasteiger partial charge in [0.15, 0.2) is 0 Å². The molecule has 0 spiro atoms. The van der Waals surface area contributed by atoms with Crippen molar-refractivity contribution in [2.24, 2.45) is 0 Å². The quantitative estimate of drug-likeness (QED) is 0.358. The van der Waals surface area contributed by atoms with Crippen LogP contribution < -0.4 is 10.2 Å². The van der Waals surface area contributed by atoms with Crippen molar-refractivity contribution >= 4 is 50.1 Å². The van der Waals surface area contributed by atoms with Crippen molar-refractivity contribution in [3.8, 4) is 0 Å². The molecule has 7 heteroatoms. The normalized spacial score (nSPS) is 15.8. The molecule has 1 fully saturated rings. The van der Waals surface area contributed by atoms with Gasteiger partial charge in [0, 0.05) is 41.0 Å². The molecule has 192 valence electrons. The molecular weight excluding hydrogens is 530 g/mol. The van der Waals surface area contributed by atoms with Crippen LogP contribution in [0.4, 0.5) is 5.69 Å². The summed E-state index contributed by atoms with van der Waals surface area (Å²) in [7, 11) is 0. The Hall–Kier alpha value is -3.19. The van der Waals surface area contributed by atoms with Gasteiger partial charge in [-0.15, -0.1) is 0 Å². The van der Waals surface area contributed by atoms with E-state index >= 15 is 0 Å². The van der Waals surface area contributed by atoms with E-state index in [1.54, 1.807) is 9.80 Å². The lowest BCUT2D eigenvalue weighted by Gasteiger charge is -2.30. The summed E-state index contributed by atoms with van der Waals surface area (Å²) < 4.78 is 0.932. The van der Waals surface area contributed by atoms with Gasteiger partial charge in [0.1, 0.15) is 6.04 Å². The van der Waals surface area contributed by atoms with Gasteiger partial charge in [-0.25, -0.2) is 0 Å². The maximum Gasteiger partial charge on any atom is 0.258 e. The summed E-state index contributed by atoms with van der Waals surface area (Å²) in [6.45, 7) is 2.61. The lowest BCUT2D eigenvalue weighted by Crippen LogP contribution is -2.49. The van der Waals surface area contributed by atoms with Crippen molar-refractivity contribution in [3.05, 3.63) is 76.3 Å². The summed E-state index contributed by atoms with van der Waals surface area (Å²) in [6.07, 6.45) is 5.03. The van der Waals surface area contributed by atoms with E-state index in [0.29, 0.717) is 25.1 Å². The molecule has 1 atom stereocenters. The monoisotopic (exact) mass is 561 g/mol. The van der Waals surface area contributed by atoms with Crippen molar-refractivity contribution < 1.29 is 14.4 Å². The van der Waals surface area contributed by atoms with Crippen LogP contribution in [0.5, 0.6) is 0 Å². The first-order valence-electron chi connectivity index (χ1n) is 13.1. The van der Waals surface area contributed by atoms with Crippen LogP contribution in [0.15, 0.2) is 65.1 Å². The zero-order valence-electron chi connectivity index (χ0n) is 21.1. The number of anilines is 1. The van der Waals surface area contributed by atoms with Gasteiger partial charge in [-0.05, 0) is 61.4 Å². The lowest BCUT2D eigenvalue weighted by molar-refractivity contribution is -0.141. The number of carbonyl (C=O) groups excluding carboxylic acids is 3. The highest BCUT2D eigenvalue weighted by Gasteiger charge is 2.31. The second kappa shape index (κ2) is 11.1. The van der Waals surface area contributed by atoms with Crippen molar-refractivity contribution in [2.75, 3.05) is 11.4 Å². The molecule has 3 aromatic rings. The molecule has 1 unspecified atom stereocenters. The van der Waals surface area contributed by atoms with Crippen LogP contribution >= 0.6 is 15.9 Å². The molecular formula is C30H32BrN3O3. The minimum absolute atomic E-state index is 0.0189. The van der Waals surface area contributed by atoms with Crippen LogP contribution in [0.3, 0.4) is 0 Å². The summed E-state index contributed by atoms with van der Waals surface area (Å²) in [4.78, 5) is 43.2. The highest BCUT2D eigenvalue weighted by atomic mass is 79.9. The smallest absolute Gasteiger partial charge is 0.258 e. The molecule has 0 radical (unpaired) electrons. The lowest BCUT2D eigenvalue weighted by atomic mass is 10.1. The Morgan fingerprint density at radius 1 is 1.08 bits per heavy atom. The van der Waals surface area contributed by atoms with E-state index in [9.17, 15) is 14.4 Å². The van der Waals surface area contributed by atoms with Crippen LogP contribution in [-0.4, -0.2) is 41.2 Å². The largest absolute Gasteiger partial charge is 0.352 e. The Morgan fingerprint density at radius 2 is 1.81 bits per heavy atom. The highest BCUT2D eigenvalue weighted by Crippen LogP contribution is 2.37. The maximum atomic E-state index is 13.5. The summed E-state index contributed by atoms with van der Waals surface area (Å²) in [5, 5.41) is 5.17. The van der Waals surface area contributed by atoms with Gasteiger partial charge in [-0.2, -0.15) is 0 Å². The first-order valence-corrected chi connectivity index (χ1v) is 13.9. The topological polar surface area (TPSA) is 69.7 Å². The zero-order valence-corrected chi connectivity index (χ0v) is 22.7. The Kier molecular flexibility index (Phi) is 7.60. The Labute approximate surface area is 226 Å². The molecule has 0 saturated heterocycles. The molecule has 1 aliphatic carbocycles. The average Bonchev–Trinajstić information content (AvgIpc) is 3.50. The summed E-state index contributed by atoms with van der Waals surface area (Å²) in [5.74, 6) is -0.210. The Morgan fingerprint density at radius 3 is 2.57 bits per heavy atom. The van der Waals surface area contributed by atoms with Crippen LogP contribution in [0, 0.1) is 0 Å². The number of benzene rings is 3. The van der Waals surface area contributed by atoms with Gasteiger partial charge >= 0.3 is 0 Å². The van der Waals surface area contributed by atoms with Crippen LogP contribution in [0.25, 0.3) is 10.8 Å². The van der Waals surface area contributed by atoms with Crippen LogP contribution in [0.1, 0.15) is 61.4 Å². The molecule has 1 heterocycles. The minimum Gasteiger partial charge on any atom is -0.352 e. The SMILES string of the molecule is CC(C(=O)NC1CCCC1)N(Cc1cccc(Br)c1)C(=O)CCCN1C(=O)c2cccc3cccc1c23. The molecule has 1 aliphatic heterocycles. The third-order valence-electron chi connectivity index (χ3n) is 7.53. The number of hydrogen-bond acceptors (Lipinski definition) is 3. The molecule has 3 amide bonds. The maximum absolute atomic E-state index is 13.5. The number of carbonyl (C=O) groups is 3. The standard InChI is InChI=1S/C30H32BrN3O3/c1-20(29(36)32-24-12-2-3-13-24)34(19-21-8-4-11-23(31)18-21)27(35)16-7-17-33-26-15-6-10-22-9-5-14-25(28(22)26)30(33)37/h4-6,8-11,14-15,18,20,24H,2-3,7,12-13,16-17,19H2,1H3,(H,32,36). The predicted molar refractivity (Wildman–Crippen MR) is 149 cm³/mol. The van der Waals surface area contributed by atoms with E-state index in [1.807, 2.05) is 67.6 Å². The van der Waals surface area contributed by atoms with E-state index in [0.717, 1.165) is 52.2 Å². The van der Waals surface area contributed by atoms with Gasteiger partial charge in [-0.3, -0.25) is 14.4 Å². The summed E-state index contributed by atoms with van der Waals surface area (Å²) >= 11 is 3.50. The van der Waals surface area contributed by atoms with Gasteiger partial charge in [0.25, 0.3) is 5.91 Å². The molecule has 2 aliphatic rings. The number of hydrogen-bond donors (Lipinski definition) is 1. The Balaban J connectivity index is 1.27. The van der Waals surface area contributed by atoms with Crippen LogP contribution in [0.2, 0.25) is 0 Å². The van der Waals surface area contributed by atoms with Crippen molar-refractivity contribution in [1.82, 2.24) is 10.2 Å². The van der Waals surface area contributed by atoms with Crippen LogP contribution in [-0.2, 0) is 16.1 Å². The first kappa shape index (κ1) is 25.5. The summed E-state index contributed by atoms with van der Waals surface area (Å²) in [5.41, 5.74) is 2.58. The molecule has 37 heavy (non-hydrogen) atoms. The summed E-state index contributed by atoms with van der Waals surface area (Å²) in [6, 6.07) is 19.2. The second-order valence-corrected chi connectivity index (χ2v) is 11.0. The number of halogens is 1. The third-order valence-corrected chi connectivity index (χ3v) is 8.03. The van der Waals surface area contributed by atoms with E-state index < -0.39 is 6.04 Å². The van der Waals surface area contributed by atoms with Gasteiger partial charge < -0.3 is 15.1 Å². The predicted octanol–water partition coefficient (Wildman–Crippen LogP) is 5.82. The number of nitrogens with zero attached hydrogens (tertiary/aromatic N) is 2. The number of amides is 3. The number of rotatable bonds is 9. The highest BCUT2D eigenvalue weighted by molar-refractivity contribution is 9.10. The van der Waals surface area contributed by atoms with E-state index in [2.05, 4.69) is 21.2 Å². The molecule has 1 N–H and O–H groups in total. The van der Waals surface area contributed by atoms with E-state index in [1.165, 1.54) is 0 Å². The average molecular weight is 563 g/mol. The van der Waals surface area contributed by atoms with Crippen molar-refractivity contribution in [3.63, 3.8) is 0 Å². The van der Waals surface area contributed by atoms with Gasteiger partial charge in [0.05, 0.1) is 5.69 Å². The van der Waals surface area contributed by atoms with Crippen molar-refractivity contribution in [1.29, 1.82) is 0 Å². The number of nitrogens with one attached hydrogen (secondary N) is 1. The molecule has 5 rings (SSSR count). The fourth-order valence-electron chi connectivity index (χ4n) is 5.54. The molecule has 6 nitrogen and oxygen atoms in total. The molecule has 0 aromatic heterocycles. The van der Waals surface area contributed by atoms with Crippen molar-refractivity contribution in [2.45, 2.75) is 64.1 Å². The fraction of sp³-hybridized carbons (Fsp3) is 0.367.